The highest BCUT2D eigenvalue weighted by Crippen LogP contribution is 2.08. The standard InChI is InChI=1S/C9H18N4O4S/c10-6(8(16)17)5-18-12-9-11-2-1-3-13(9)4-7(14)15/h6-7,14-15H,1-5,10H2,(H,11,12)(H,16,17)/t6-/m1/s1. The lowest BCUT2D eigenvalue weighted by Gasteiger charge is -2.31. The number of rotatable bonds is 6. The van der Waals surface area contributed by atoms with E-state index in [2.05, 4.69) is 9.71 Å². The van der Waals surface area contributed by atoms with Crippen LogP contribution in [0, 0.1) is 0 Å². The molecule has 1 aliphatic heterocycles. The second kappa shape index (κ2) is 7.41. The van der Waals surface area contributed by atoms with E-state index in [1.54, 1.807) is 4.90 Å². The van der Waals surface area contributed by atoms with E-state index in [0.29, 0.717) is 12.5 Å². The summed E-state index contributed by atoms with van der Waals surface area (Å²) in [6, 6.07) is -0.958. The summed E-state index contributed by atoms with van der Waals surface area (Å²) in [5.74, 6) is -0.380. The van der Waals surface area contributed by atoms with Gasteiger partial charge in [-0.2, -0.15) is 4.40 Å². The molecule has 8 nitrogen and oxygen atoms in total. The number of carboxylic acid groups (broad SMARTS) is 1. The van der Waals surface area contributed by atoms with Crippen molar-refractivity contribution in [2.75, 3.05) is 25.4 Å². The fourth-order valence-corrected chi connectivity index (χ4v) is 2.08. The molecule has 1 aliphatic rings. The van der Waals surface area contributed by atoms with Crippen LogP contribution in [0.25, 0.3) is 0 Å². The smallest absolute Gasteiger partial charge is 0.321 e. The summed E-state index contributed by atoms with van der Waals surface area (Å²) in [6.07, 6.45) is -0.549. The number of nitrogens with one attached hydrogen (secondary N) is 1. The number of carbonyl (C=O) groups is 1. The minimum absolute atomic E-state index is 0.0668. The van der Waals surface area contributed by atoms with E-state index in [9.17, 15) is 4.79 Å². The fraction of sp³-hybridized carbons (Fsp3) is 0.778. The topological polar surface area (TPSA) is 131 Å². The normalized spacial score (nSPS) is 20.0. The summed E-state index contributed by atoms with van der Waals surface area (Å²) in [5.41, 5.74) is 5.34. The van der Waals surface area contributed by atoms with Crippen LogP contribution in [0.3, 0.4) is 0 Å². The van der Waals surface area contributed by atoms with E-state index in [1.807, 2.05) is 0 Å². The lowest BCUT2D eigenvalue weighted by atomic mass is 10.3. The van der Waals surface area contributed by atoms with Crippen molar-refractivity contribution in [3.05, 3.63) is 0 Å². The molecule has 9 heteroatoms. The first-order valence-corrected chi connectivity index (χ1v) is 6.48. The molecule has 0 bridgehead atoms. The Kier molecular flexibility index (Phi) is 6.19. The van der Waals surface area contributed by atoms with E-state index in [4.69, 9.17) is 21.1 Å². The average molecular weight is 278 g/mol. The zero-order valence-electron chi connectivity index (χ0n) is 9.82. The van der Waals surface area contributed by atoms with Crippen LogP contribution in [-0.4, -0.2) is 69.9 Å². The van der Waals surface area contributed by atoms with Crippen LogP contribution in [0.15, 0.2) is 4.40 Å². The van der Waals surface area contributed by atoms with Crippen molar-refractivity contribution in [1.29, 1.82) is 0 Å². The van der Waals surface area contributed by atoms with E-state index < -0.39 is 18.3 Å². The second-order valence-electron chi connectivity index (χ2n) is 3.86. The van der Waals surface area contributed by atoms with Gasteiger partial charge in [0.1, 0.15) is 6.04 Å². The molecule has 6 N–H and O–H groups in total. The Hall–Kier alpha value is -1.03. The molecule has 1 saturated heterocycles. The lowest BCUT2D eigenvalue weighted by molar-refractivity contribution is -0.137. The minimum atomic E-state index is -1.43. The number of nitrogens with two attached hydrogens (primary N) is 1. The number of aliphatic carboxylic acids is 1. The maximum atomic E-state index is 10.5. The van der Waals surface area contributed by atoms with Crippen molar-refractivity contribution in [3.63, 3.8) is 0 Å². The molecule has 1 fully saturated rings. The maximum Gasteiger partial charge on any atom is 0.321 e. The van der Waals surface area contributed by atoms with Gasteiger partial charge in [0.25, 0.3) is 0 Å². The quantitative estimate of drug-likeness (QED) is 0.279. The van der Waals surface area contributed by atoms with Crippen molar-refractivity contribution in [2.24, 2.45) is 10.1 Å². The second-order valence-corrected chi connectivity index (χ2v) is 4.64. The van der Waals surface area contributed by atoms with Gasteiger partial charge >= 0.3 is 5.97 Å². The molecule has 1 atom stereocenters. The molecule has 0 aromatic heterocycles. The van der Waals surface area contributed by atoms with Crippen LogP contribution >= 0.6 is 11.9 Å². The molecule has 0 aliphatic carbocycles. The lowest BCUT2D eigenvalue weighted by Crippen LogP contribution is -2.50. The Bertz CT molecular complexity index is 313. The highest BCUT2D eigenvalue weighted by atomic mass is 32.2. The first-order valence-electron chi connectivity index (χ1n) is 5.54. The van der Waals surface area contributed by atoms with Crippen molar-refractivity contribution >= 4 is 23.9 Å². The molecule has 1 rings (SSSR count). The van der Waals surface area contributed by atoms with Crippen LogP contribution in [0.4, 0.5) is 0 Å². The van der Waals surface area contributed by atoms with Crippen LogP contribution in [0.2, 0.25) is 0 Å². The number of nitrogens with zero attached hydrogens (tertiary/aromatic N) is 2. The number of β-amino-alcohol motifs (C(OH)–C–C–N with tert-alkyl or cyclic N) is 2. The minimum Gasteiger partial charge on any atom is -0.480 e. The molecule has 0 saturated carbocycles. The molecule has 104 valence electrons. The van der Waals surface area contributed by atoms with Gasteiger partial charge < -0.3 is 31.3 Å². The summed E-state index contributed by atoms with van der Waals surface area (Å²) >= 11 is 1.04. The van der Waals surface area contributed by atoms with Gasteiger partial charge in [0.15, 0.2) is 6.29 Å². The molecule has 0 aromatic rings. The van der Waals surface area contributed by atoms with Gasteiger partial charge in [0.2, 0.25) is 5.96 Å². The van der Waals surface area contributed by atoms with Gasteiger partial charge in [-0.05, 0) is 18.4 Å². The highest BCUT2D eigenvalue weighted by molar-refractivity contribution is 7.98. The first-order chi connectivity index (χ1) is 8.50. The molecule has 1 heterocycles. The Balaban J connectivity index is 2.47. The first kappa shape index (κ1) is 15.0. The van der Waals surface area contributed by atoms with Crippen molar-refractivity contribution in [3.8, 4) is 0 Å². The number of hydrogen-bond donors (Lipinski definition) is 5. The number of carboxylic acids is 1. The van der Waals surface area contributed by atoms with Gasteiger partial charge in [-0.25, -0.2) is 0 Å². The van der Waals surface area contributed by atoms with Gasteiger partial charge in [-0.15, -0.1) is 0 Å². The summed E-state index contributed by atoms with van der Waals surface area (Å²) in [4.78, 5) is 12.2. The Morgan fingerprint density at radius 2 is 2.33 bits per heavy atom. The van der Waals surface area contributed by atoms with Crippen LogP contribution in [0.5, 0.6) is 0 Å². The van der Waals surface area contributed by atoms with Crippen LogP contribution in [-0.2, 0) is 4.79 Å². The van der Waals surface area contributed by atoms with Crippen LogP contribution in [0.1, 0.15) is 6.42 Å². The van der Waals surface area contributed by atoms with Gasteiger partial charge in [0.05, 0.1) is 6.54 Å². The van der Waals surface area contributed by atoms with Gasteiger partial charge in [-0.3, -0.25) is 4.79 Å². The molecular weight excluding hydrogens is 260 g/mol. The summed E-state index contributed by atoms with van der Waals surface area (Å²) in [6.45, 7) is 1.49. The van der Waals surface area contributed by atoms with Crippen molar-refractivity contribution in [2.45, 2.75) is 18.8 Å². The predicted molar refractivity (Wildman–Crippen MR) is 67.9 cm³/mol. The molecule has 0 unspecified atom stereocenters. The van der Waals surface area contributed by atoms with E-state index in [-0.39, 0.29) is 12.3 Å². The molecule has 0 spiro atoms. The van der Waals surface area contributed by atoms with Crippen molar-refractivity contribution < 1.29 is 20.1 Å². The summed E-state index contributed by atoms with van der Waals surface area (Å²) in [7, 11) is 0. The molecular formula is C9H18N4O4S. The molecule has 18 heavy (non-hydrogen) atoms. The monoisotopic (exact) mass is 278 g/mol. The van der Waals surface area contributed by atoms with E-state index in [0.717, 1.165) is 24.9 Å². The Morgan fingerprint density at radius 1 is 1.61 bits per heavy atom. The zero-order chi connectivity index (χ0) is 13.5. The number of aliphatic hydroxyl groups excluding tert-OH is 1. The third-order valence-corrected chi connectivity index (χ3v) is 3.10. The maximum absolute atomic E-state index is 10.5. The zero-order valence-corrected chi connectivity index (χ0v) is 10.6. The van der Waals surface area contributed by atoms with Gasteiger partial charge in [-0.1, -0.05) is 0 Å². The molecule has 0 aromatic carbocycles. The SMILES string of the molecule is N[C@H](CS/N=C1\NCCCN1CC(O)O)C(=O)O. The number of hydrogen-bond acceptors (Lipinski definition) is 6. The van der Waals surface area contributed by atoms with Crippen LogP contribution < -0.4 is 11.1 Å². The number of guanidine groups is 1. The summed E-state index contributed by atoms with van der Waals surface area (Å²) in [5, 5.41) is 29.5. The van der Waals surface area contributed by atoms with E-state index >= 15 is 0 Å². The van der Waals surface area contributed by atoms with E-state index in [1.165, 1.54) is 0 Å². The largest absolute Gasteiger partial charge is 0.480 e. The fourth-order valence-electron chi connectivity index (χ4n) is 1.40. The Labute approximate surface area is 109 Å². The van der Waals surface area contributed by atoms with Gasteiger partial charge in [0, 0.05) is 18.8 Å². The molecule has 0 amide bonds. The number of aliphatic hydroxyl groups is 2. The third kappa shape index (κ3) is 5.08. The predicted octanol–water partition coefficient (Wildman–Crippen LogP) is -1.99. The highest BCUT2D eigenvalue weighted by Gasteiger charge is 2.18. The third-order valence-electron chi connectivity index (χ3n) is 2.29. The van der Waals surface area contributed by atoms with Crippen molar-refractivity contribution in [1.82, 2.24) is 10.2 Å². The molecule has 0 radical (unpaired) electrons. The average Bonchev–Trinajstić information content (AvgIpc) is 2.30. The Morgan fingerprint density at radius 3 is 2.94 bits per heavy atom. The summed E-state index contributed by atoms with van der Waals surface area (Å²) < 4.78 is 4.12.